The molecule has 0 aliphatic carbocycles. The molecule has 0 unspecified atom stereocenters. The minimum Gasteiger partial charge on any atom is -0.480 e. The van der Waals surface area contributed by atoms with E-state index in [2.05, 4.69) is 31.9 Å². The van der Waals surface area contributed by atoms with E-state index < -0.39 is 149 Å². The molecular formula is C61H117B3N8O20. The lowest BCUT2D eigenvalue weighted by atomic mass is 9.80. The number of hydrogen-bond donors (Lipinski definition) is 11. The maximum Gasteiger partial charge on any atom is 0.457 e. The van der Waals surface area contributed by atoms with Crippen molar-refractivity contribution in [1.82, 2.24) is 31.9 Å². The average Bonchev–Trinajstić information content (AvgIpc) is 1.66. The van der Waals surface area contributed by atoms with Crippen LogP contribution >= 0.6 is 0 Å². The third-order valence-corrected chi connectivity index (χ3v) is 15.0. The normalized spacial score (nSPS) is 18.3. The van der Waals surface area contributed by atoms with Gasteiger partial charge in [0.15, 0.2) is 0 Å². The molecule has 2 aliphatic rings. The van der Waals surface area contributed by atoms with E-state index in [0.29, 0.717) is 51.2 Å². The van der Waals surface area contributed by atoms with Gasteiger partial charge in [0.1, 0.15) is 46.6 Å². The predicted octanol–water partition coefficient (Wildman–Crippen LogP) is 4.93. The number of aliphatic carboxylic acids is 1. The van der Waals surface area contributed by atoms with Gasteiger partial charge in [-0.2, -0.15) is 0 Å². The van der Waals surface area contributed by atoms with Crippen molar-refractivity contribution < 1.29 is 95.9 Å². The lowest BCUT2D eigenvalue weighted by molar-refractivity contribution is -0.161. The second kappa shape index (κ2) is 37.1. The van der Waals surface area contributed by atoms with Gasteiger partial charge < -0.3 is 96.1 Å². The lowest BCUT2D eigenvalue weighted by Gasteiger charge is -2.32. The van der Waals surface area contributed by atoms with Crippen LogP contribution in [0.4, 0.5) is 9.59 Å². The summed E-state index contributed by atoms with van der Waals surface area (Å²) in [4.78, 5) is 109. The Labute approximate surface area is 548 Å². The lowest BCUT2D eigenvalue weighted by Crippen LogP contribution is -2.53. The number of alkyl carbamates (subject to hydrolysis) is 2. The summed E-state index contributed by atoms with van der Waals surface area (Å²) in [5, 5.41) is 42.3. The first-order valence-corrected chi connectivity index (χ1v) is 31.8. The molecule has 2 fully saturated rings. The highest BCUT2D eigenvalue weighted by Crippen LogP contribution is 2.40. The molecule has 530 valence electrons. The zero-order valence-corrected chi connectivity index (χ0v) is 59.8. The van der Waals surface area contributed by atoms with Crippen molar-refractivity contribution in [3.05, 3.63) is 0 Å². The van der Waals surface area contributed by atoms with Gasteiger partial charge in [-0.3, -0.25) is 24.0 Å². The fraction of sp³-hybridized carbons (Fsp3) is 0.852. The van der Waals surface area contributed by atoms with Gasteiger partial charge in [0.25, 0.3) is 0 Å². The van der Waals surface area contributed by atoms with Crippen LogP contribution in [0.1, 0.15) is 205 Å². The molecule has 2 rings (SSSR count). The van der Waals surface area contributed by atoms with Gasteiger partial charge >= 0.3 is 51.4 Å². The summed E-state index contributed by atoms with van der Waals surface area (Å²) in [6.45, 7) is 42.9. The number of esters is 2. The molecular weight excluding hydrogens is 1200 g/mol. The van der Waals surface area contributed by atoms with Crippen molar-refractivity contribution >= 4 is 75.1 Å². The van der Waals surface area contributed by atoms with E-state index in [1.807, 2.05) is 55.4 Å². The van der Waals surface area contributed by atoms with E-state index in [1.165, 1.54) is 27.7 Å². The Bertz CT molecular complexity index is 2360. The molecule has 0 saturated carbocycles. The summed E-state index contributed by atoms with van der Waals surface area (Å²) in [5.74, 6) is -5.30. The third-order valence-electron chi connectivity index (χ3n) is 15.0. The number of carbonyl (C=O) groups is 9. The van der Waals surface area contributed by atoms with Gasteiger partial charge in [0.05, 0.1) is 28.4 Å². The van der Waals surface area contributed by atoms with Crippen molar-refractivity contribution in [2.45, 2.75) is 299 Å². The van der Waals surface area contributed by atoms with E-state index in [0.717, 1.165) is 0 Å². The number of ether oxygens (including phenoxy) is 4. The Morgan fingerprint density at radius 1 is 0.489 bits per heavy atom. The van der Waals surface area contributed by atoms with Gasteiger partial charge in [-0.15, -0.1) is 0 Å². The molecule has 2 saturated heterocycles. The second-order valence-corrected chi connectivity index (χ2v) is 29.7. The summed E-state index contributed by atoms with van der Waals surface area (Å²) >= 11 is 0. The number of carbonyl (C=O) groups excluding carboxylic acids is 8. The van der Waals surface area contributed by atoms with Crippen LogP contribution in [0.15, 0.2) is 0 Å². The van der Waals surface area contributed by atoms with Crippen molar-refractivity contribution in [2.24, 2.45) is 29.2 Å². The molecule has 13 N–H and O–H groups in total. The highest BCUT2D eigenvalue weighted by molar-refractivity contribution is 6.45. The van der Waals surface area contributed by atoms with Crippen LogP contribution in [0.5, 0.6) is 0 Å². The second-order valence-electron chi connectivity index (χ2n) is 29.7. The molecule has 28 nitrogen and oxygen atoms in total. The molecule has 6 amide bonds. The van der Waals surface area contributed by atoms with Gasteiger partial charge in [-0.25, -0.2) is 19.2 Å². The molecule has 0 aromatic rings. The van der Waals surface area contributed by atoms with Gasteiger partial charge in [0, 0.05) is 51.2 Å². The Morgan fingerprint density at radius 2 is 0.815 bits per heavy atom. The predicted molar refractivity (Wildman–Crippen MR) is 350 cm³/mol. The Morgan fingerprint density at radius 3 is 1.14 bits per heavy atom. The maximum absolute atomic E-state index is 13.1. The van der Waals surface area contributed by atoms with E-state index in [4.69, 9.17) is 64.2 Å². The molecule has 0 aromatic heterocycles. The van der Waals surface area contributed by atoms with Crippen molar-refractivity contribution in [3.63, 3.8) is 0 Å². The quantitative estimate of drug-likeness (QED) is 0.0269. The van der Waals surface area contributed by atoms with Crippen molar-refractivity contribution in [2.75, 3.05) is 19.6 Å². The molecule has 0 radical (unpaired) electrons. The first-order valence-electron chi connectivity index (χ1n) is 31.8. The van der Waals surface area contributed by atoms with Crippen molar-refractivity contribution in [1.29, 1.82) is 0 Å². The number of carboxylic acids is 1. The molecule has 31 heteroatoms. The SMILES string of the molecule is CC(=O)N[C@H](C(=O)OC(C)(C)C)[C@H](CCCB1OC(C)(C)C(C)(C)O1)CNC(=O)OC(C)(C)C.CC(=O)N[C@H](C(=O)OC(C)(C)C)[C@H](CCCB1OC(C)(C)C(C)(C)O1)CNC(=O)[C@H](C)NC(=O)OC(C)(C)C.C[C@H](N)C(=O)NC[C@@H](CCCB(O)O)[C@H](N)C(=O)O. The Hall–Kier alpha value is -5.30. The average molecular weight is 1320 g/mol. The zero-order chi connectivity index (χ0) is 71.9. The van der Waals surface area contributed by atoms with Crippen LogP contribution in [0.3, 0.4) is 0 Å². The van der Waals surface area contributed by atoms with Gasteiger partial charge in [0.2, 0.25) is 23.6 Å². The maximum atomic E-state index is 13.1. The Balaban J connectivity index is 0.00000143. The van der Waals surface area contributed by atoms with Crippen LogP contribution < -0.4 is 43.4 Å². The number of hydrogen-bond acceptors (Lipinski definition) is 21. The Kier molecular flexibility index (Phi) is 35.0. The first kappa shape index (κ1) is 86.7. The van der Waals surface area contributed by atoms with E-state index in [-0.39, 0.29) is 44.9 Å². The van der Waals surface area contributed by atoms with E-state index >= 15 is 0 Å². The van der Waals surface area contributed by atoms with Gasteiger partial charge in [-0.1, -0.05) is 19.3 Å². The standard InChI is InChI=1S/C27H50BN3O8.C24H45BN2O7.C10H22BN3O5/c1-17(30-23(35)37-25(6,7)8)21(33)29-16-19(20(31-18(2)32)22(34)36-24(3,4)5)14-13-15-28-38-26(9,10)27(11,12)39-28;1-16(28)27-18(19(29)31-21(2,3)4)17(15-26-20(30)32-22(5,6)7)13-12-14-25-33-23(8,9)24(10,11)34-25;1-6(12)9(15)14-5-7(8(13)10(16)17)3-2-4-11(18)19/h17,19-20H,13-16H2,1-12H3,(H,29,33)(H,30,35)(H,31,32);17-18H,12-15H2,1-11H3,(H,26,30)(H,27,28);6-8,18-19H,2-5,12-13H2,1H3,(H,14,15)(H,16,17)/t17-,19+,20-;17-,18+;6-,7+,8-/m010/s1. The summed E-state index contributed by atoms with van der Waals surface area (Å²) in [5.41, 5.74) is 6.28. The number of nitrogens with two attached hydrogens (primary N) is 2. The molecule has 2 heterocycles. The summed E-state index contributed by atoms with van der Waals surface area (Å²) < 4.78 is 46.0. The summed E-state index contributed by atoms with van der Waals surface area (Å²) in [6, 6.07) is -4.60. The summed E-state index contributed by atoms with van der Waals surface area (Å²) in [6.07, 6.45) is 2.99. The van der Waals surface area contributed by atoms with Crippen LogP contribution in [-0.4, -0.2) is 185 Å². The number of rotatable bonds is 29. The van der Waals surface area contributed by atoms with Crippen LogP contribution in [0, 0.1) is 17.8 Å². The summed E-state index contributed by atoms with van der Waals surface area (Å²) in [7, 11) is -2.21. The highest BCUT2D eigenvalue weighted by Gasteiger charge is 2.52. The smallest absolute Gasteiger partial charge is 0.457 e. The first-order chi connectivity index (χ1) is 41.5. The topological polar surface area (TPSA) is 412 Å². The number of amides is 6. The van der Waals surface area contributed by atoms with Crippen molar-refractivity contribution in [3.8, 4) is 0 Å². The molecule has 8 atom stereocenters. The minimum atomic E-state index is -1.43. The number of nitrogens with one attached hydrogen (secondary N) is 6. The van der Waals surface area contributed by atoms with E-state index in [1.54, 1.807) is 83.1 Å². The third kappa shape index (κ3) is 35.3. The van der Waals surface area contributed by atoms with Crippen LogP contribution in [0.2, 0.25) is 19.0 Å². The fourth-order valence-electron chi connectivity index (χ4n) is 8.97. The molecule has 0 bridgehead atoms. The monoisotopic (exact) mass is 1310 g/mol. The molecule has 92 heavy (non-hydrogen) atoms. The molecule has 0 aromatic carbocycles. The largest absolute Gasteiger partial charge is 0.480 e. The molecule has 0 spiro atoms. The molecule has 2 aliphatic heterocycles. The highest BCUT2D eigenvalue weighted by atomic mass is 16.7. The van der Waals surface area contributed by atoms with Gasteiger partial charge in [-0.05, 0) is 191 Å². The van der Waals surface area contributed by atoms with Crippen LogP contribution in [-0.2, 0) is 71.1 Å². The van der Waals surface area contributed by atoms with E-state index in [9.17, 15) is 43.2 Å². The number of carboxylic acid groups (broad SMARTS) is 1. The van der Waals surface area contributed by atoms with Crippen LogP contribution in [0.25, 0.3) is 0 Å². The fourth-order valence-corrected chi connectivity index (χ4v) is 8.97. The minimum absolute atomic E-state index is 0.0622. The zero-order valence-electron chi connectivity index (χ0n) is 59.8.